The molecule has 3 aliphatic rings. The fourth-order valence-electron chi connectivity index (χ4n) is 6.88. The van der Waals surface area contributed by atoms with E-state index in [0.717, 1.165) is 32.7 Å². The number of rotatable bonds is 0. The van der Waals surface area contributed by atoms with E-state index in [-0.39, 0.29) is 0 Å². The van der Waals surface area contributed by atoms with Gasteiger partial charge in [0.25, 0.3) is 0 Å². The van der Waals surface area contributed by atoms with E-state index in [0.29, 0.717) is 0 Å². The molecular weight excluding hydrogens is 423 g/mol. The van der Waals surface area contributed by atoms with Gasteiger partial charge in [-0.2, -0.15) is 0 Å². The molecule has 158 valence electrons. The topological polar surface area (TPSA) is 18.5 Å². The SMILES string of the molecule is c1ccc2c(c1)O[P-]13(O2)(c2ccccc2-c2ccccc21)c1ccccc1-c1ccccc13. The van der Waals surface area contributed by atoms with Crippen molar-refractivity contribution in [1.82, 2.24) is 0 Å². The summed E-state index contributed by atoms with van der Waals surface area (Å²) >= 11 is 0. The Morgan fingerprint density at radius 2 is 0.606 bits per heavy atom. The Morgan fingerprint density at radius 1 is 0.333 bits per heavy atom. The molecule has 1 spiro atoms. The third-order valence-corrected chi connectivity index (χ3v) is 15.2. The molecule has 33 heavy (non-hydrogen) atoms. The van der Waals surface area contributed by atoms with Crippen LogP contribution in [0.5, 0.6) is 11.5 Å². The van der Waals surface area contributed by atoms with E-state index < -0.39 is 6.40 Å². The fraction of sp³-hybridized carbons (Fsp3) is 0. The molecule has 0 aromatic heterocycles. The van der Waals surface area contributed by atoms with Crippen LogP contribution in [-0.2, 0) is 0 Å². The zero-order valence-corrected chi connectivity index (χ0v) is 18.7. The van der Waals surface area contributed by atoms with Crippen molar-refractivity contribution in [1.29, 1.82) is 0 Å². The Hall–Kier alpha value is -3.87. The van der Waals surface area contributed by atoms with Crippen LogP contribution in [0.25, 0.3) is 22.3 Å². The van der Waals surface area contributed by atoms with Gasteiger partial charge in [-0.1, -0.05) is 0 Å². The molecule has 2 nitrogen and oxygen atoms in total. The van der Waals surface area contributed by atoms with E-state index in [4.69, 9.17) is 9.05 Å². The van der Waals surface area contributed by atoms with Gasteiger partial charge in [-0.25, -0.2) is 0 Å². The first-order valence-corrected chi connectivity index (χ1v) is 13.8. The molecule has 3 heteroatoms. The van der Waals surface area contributed by atoms with E-state index in [1.165, 1.54) is 22.3 Å². The van der Waals surface area contributed by atoms with Gasteiger partial charge < -0.3 is 0 Å². The summed E-state index contributed by atoms with van der Waals surface area (Å²) in [4.78, 5) is 0. The Bertz CT molecular complexity index is 1450. The summed E-state index contributed by atoms with van der Waals surface area (Å²) in [5, 5.41) is 4.55. The minimum atomic E-state index is -4.74. The molecular formula is C30H20O2P-. The van der Waals surface area contributed by atoms with Gasteiger partial charge in [0.2, 0.25) is 0 Å². The maximum absolute atomic E-state index is 7.61. The van der Waals surface area contributed by atoms with Crippen LogP contribution >= 0.6 is 6.40 Å². The zero-order chi connectivity index (χ0) is 21.7. The van der Waals surface area contributed by atoms with Gasteiger partial charge in [-0.05, 0) is 0 Å². The summed E-state index contributed by atoms with van der Waals surface area (Å²) < 4.78 is 15.2. The first-order valence-electron chi connectivity index (χ1n) is 11.3. The van der Waals surface area contributed by atoms with Crippen LogP contribution in [0.4, 0.5) is 0 Å². The van der Waals surface area contributed by atoms with Crippen LogP contribution in [-0.4, -0.2) is 0 Å². The van der Waals surface area contributed by atoms with Gasteiger partial charge in [0.1, 0.15) is 0 Å². The van der Waals surface area contributed by atoms with Gasteiger partial charge in [0.05, 0.1) is 0 Å². The number of hydrogen-bond acceptors (Lipinski definition) is 2. The van der Waals surface area contributed by atoms with Crippen molar-refractivity contribution in [3.63, 3.8) is 0 Å². The van der Waals surface area contributed by atoms with E-state index in [1.54, 1.807) is 0 Å². The van der Waals surface area contributed by atoms with Crippen LogP contribution in [0.15, 0.2) is 121 Å². The van der Waals surface area contributed by atoms with Crippen molar-refractivity contribution >= 4 is 27.6 Å². The van der Waals surface area contributed by atoms with Gasteiger partial charge in [0, 0.05) is 0 Å². The quantitative estimate of drug-likeness (QED) is 0.289. The Labute approximate surface area is 191 Å². The molecule has 0 atom stereocenters. The molecule has 0 fully saturated rings. The predicted molar refractivity (Wildman–Crippen MR) is 137 cm³/mol. The molecule has 0 saturated carbocycles. The Kier molecular flexibility index (Phi) is 2.78. The van der Waals surface area contributed by atoms with Crippen molar-refractivity contribution < 1.29 is 9.05 Å². The molecule has 0 amide bonds. The normalized spacial score (nSPS) is 20.0. The summed E-state index contributed by atoms with van der Waals surface area (Å²) in [6, 6.07) is 42.8. The molecule has 0 unspecified atom stereocenters. The number of hydrogen-bond donors (Lipinski definition) is 0. The molecule has 5 aromatic carbocycles. The van der Waals surface area contributed by atoms with Crippen molar-refractivity contribution in [3.8, 4) is 33.8 Å². The average molecular weight is 443 g/mol. The monoisotopic (exact) mass is 443 g/mol. The van der Waals surface area contributed by atoms with Gasteiger partial charge in [-0.3, -0.25) is 0 Å². The van der Waals surface area contributed by atoms with Crippen molar-refractivity contribution in [2.75, 3.05) is 0 Å². The molecule has 3 heterocycles. The first kappa shape index (κ1) is 17.7. The Morgan fingerprint density at radius 3 is 0.939 bits per heavy atom. The van der Waals surface area contributed by atoms with Crippen molar-refractivity contribution in [2.45, 2.75) is 0 Å². The molecule has 0 bridgehead atoms. The van der Waals surface area contributed by atoms with Crippen LogP contribution in [0, 0.1) is 0 Å². The van der Waals surface area contributed by atoms with E-state index in [2.05, 4.69) is 97.1 Å². The second kappa shape index (κ2) is 5.20. The van der Waals surface area contributed by atoms with Gasteiger partial charge in [-0.15, -0.1) is 0 Å². The van der Waals surface area contributed by atoms with Crippen molar-refractivity contribution in [3.05, 3.63) is 121 Å². The van der Waals surface area contributed by atoms with Gasteiger partial charge >= 0.3 is 192 Å². The third-order valence-electron chi connectivity index (χ3n) is 7.91. The standard InChI is InChI=1S/C30H20O2P/c1-7-17-27-21(11-1)22-12-2-8-18-28(22)33(27,31-25-15-5-6-16-26(25)32-33)29-19-9-3-13-23(29)24-14-4-10-20-30(24)33/h1-20H/q-1. The summed E-state index contributed by atoms with van der Waals surface area (Å²) in [5.41, 5.74) is 4.73. The predicted octanol–water partition coefficient (Wildman–Crippen LogP) is 5.64. The molecule has 8 rings (SSSR count). The Balaban J connectivity index is 1.77. The summed E-state index contributed by atoms with van der Waals surface area (Å²) in [6.07, 6.45) is -4.74. The van der Waals surface area contributed by atoms with E-state index in [9.17, 15) is 0 Å². The molecule has 5 aromatic rings. The fourth-order valence-corrected chi connectivity index (χ4v) is 15.2. The number of para-hydroxylation sites is 2. The van der Waals surface area contributed by atoms with Crippen molar-refractivity contribution in [2.24, 2.45) is 0 Å². The minimum absolute atomic E-state index is 0.797. The number of fused-ring (bicyclic) bond motifs is 7. The van der Waals surface area contributed by atoms with Crippen LogP contribution in [0.2, 0.25) is 0 Å². The molecule has 0 aliphatic carbocycles. The zero-order valence-electron chi connectivity index (χ0n) is 17.8. The van der Waals surface area contributed by atoms with Crippen LogP contribution in [0.3, 0.4) is 0 Å². The summed E-state index contributed by atoms with van der Waals surface area (Å²) in [7, 11) is 0. The molecule has 0 saturated heterocycles. The second-order valence-corrected chi connectivity index (χ2v) is 14.4. The number of benzene rings is 5. The molecule has 3 aliphatic heterocycles. The van der Waals surface area contributed by atoms with Gasteiger partial charge in [0.15, 0.2) is 0 Å². The third kappa shape index (κ3) is 1.50. The second-order valence-electron chi connectivity index (χ2n) is 9.17. The molecule has 0 radical (unpaired) electrons. The summed E-state index contributed by atoms with van der Waals surface area (Å²) in [6.45, 7) is 0. The summed E-state index contributed by atoms with van der Waals surface area (Å²) in [5.74, 6) is 1.59. The average Bonchev–Trinajstić information content (AvgIpc) is 3.43. The van der Waals surface area contributed by atoms with E-state index >= 15 is 0 Å². The van der Waals surface area contributed by atoms with E-state index in [1.807, 2.05) is 24.3 Å². The van der Waals surface area contributed by atoms with Crippen LogP contribution < -0.4 is 30.3 Å². The molecule has 0 N–H and O–H groups in total. The van der Waals surface area contributed by atoms with Crippen LogP contribution in [0.1, 0.15) is 0 Å². The first-order chi connectivity index (χ1) is 16.3. The maximum atomic E-state index is 7.61.